The second-order valence-corrected chi connectivity index (χ2v) is 10.9. The molecule has 2 heterocycles. The summed E-state index contributed by atoms with van der Waals surface area (Å²) in [4.78, 5) is 31.2. The van der Waals surface area contributed by atoms with Crippen LogP contribution in [0.2, 0.25) is 0 Å². The molecular weight excluding hydrogens is 569 g/mol. The number of pyridine rings is 1. The molecule has 6 rings (SSSR count). The standard InChI is InChI=1S/C34H29F3N4O3/c35-21-13-19(14-22(36)17-21)15-27(33-23(6-4-12-39-33)20-10-11-26(37)25(16-20)34(38)44)40-31(43)18-41-28-7-2-1-5-24(28)32-29(41)8-3-9-30(32)42/h1-2,4-7,10-14,16-17,27,34,44H,3,8-9,15,18,38H2,(H,40,43)/t27-,34?/m0/s1. The van der Waals surface area contributed by atoms with Crippen molar-refractivity contribution in [1.29, 1.82) is 0 Å². The third-order valence-electron chi connectivity index (χ3n) is 7.97. The first-order valence-electron chi connectivity index (χ1n) is 14.3. The molecule has 5 aromatic rings. The highest BCUT2D eigenvalue weighted by Crippen LogP contribution is 2.33. The van der Waals surface area contributed by atoms with Crippen molar-refractivity contribution in [2.45, 2.75) is 44.5 Å². The maximum Gasteiger partial charge on any atom is 0.240 e. The summed E-state index contributed by atoms with van der Waals surface area (Å²) in [5, 5.41) is 13.7. The predicted octanol–water partition coefficient (Wildman–Crippen LogP) is 5.69. The van der Waals surface area contributed by atoms with E-state index in [1.54, 1.807) is 12.1 Å². The van der Waals surface area contributed by atoms with E-state index in [9.17, 15) is 27.9 Å². The van der Waals surface area contributed by atoms with E-state index >= 15 is 0 Å². The van der Waals surface area contributed by atoms with Crippen molar-refractivity contribution in [3.8, 4) is 11.1 Å². The van der Waals surface area contributed by atoms with Gasteiger partial charge in [0.05, 0.1) is 11.7 Å². The number of hydrogen-bond acceptors (Lipinski definition) is 5. The van der Waals surface area contributed by atoms with Crippen molar-refractivity contribution in [3.05, 3.63) is 125 Å². The Bertz CT molecular complexity index is 1880. The van der Waals surface area contributed by atoms with Crippen molar-refractivity contribution in [3.63, 3.8) is 0 Å². The first-order valence-corrected chi connectivity index (χ1v) is 14.3. The number of rotatable bonds is 8. The maximum atomic E-state index is 14.4. The molecule has 0 saturated carbocycles. The smallest absolute Gasteiger partial charge is 0.240 e. The van der Waals surface area contributed by atoms with Gasteiger partial charge in [-0.25, -0.2) is 13.2 Å². The number of carbonyl (C=O) groups excluding carboxylic acids is 2. The average Bonchev–Trinajstić information content (AvgIpc) is 3.31. The van der Waals surface area contributed by atoms with E-state index in [0.717, 1.165) is 22.7 Å². The number of amides is 1. The van der Waals surface area contributed by atoms with E-state index < -0.39 is 35.6 Å². The lowest BCUT2D eigenvalue weighted by Gasteiger charge is -2.23. The molecular formula is C34H29F3N4O3. The second-order valence-electron chi connectivity index (χ2n) is 10.9. The third kappa shape index (κ3) is 5.73. The van der Waals surface area contributed by atoms with Gasteiger partial charge in [-0.15, -0.1) is 0 Å². The molecule has 0 bridgehead atoms. The molecule has 7 nitrogen and oxygen atoms in total. The number of ketones is 1. The van der Waals surface area contributed by atoms with E-state index in [1.807, 2.05) is 28.8 Å². The van der Waals surface area contributed by atoms with Gasteiger partial charge in [0.15, 0.2) is 5.78 Å². The first kappa shape index (κ1) is 29.3. The molecule has 0 radical (unpaired) electrons. The Morgan fingerprint density at radius 3 is 2.55 bits per heavy atom. The molecule has 224 valence electrons. The highest BCUT2D eigenvalue weighted by molar-refractivity contribution is 6.10. The van der Waals surface area contributed by atoms with Crippen molar-refractivity contribution >= 4 is 22.6 Å². The largest absolute Gasteiger partial charge is 0.374 e. The van der Waals surface area contributed by atoms with Gasteiger partial charge in [-0.1, -0.05) is 30.3 Å². The number of aromatic nitrogens is 2. The van der Waals surface area contributed by atoms with Gasteiger partial charge in [-0.05, 0) is 66.8 Å². The summed E-state index contributed by atoms with van der Waals surface area (Å²) in [5.74, 6) is -2.56. The molecule has 0 saturated heterocycles. The summed E-state index contributed by atoms with van der Waals surface area (Å²) in [6.07, 6.45) is 1.74. The molecule has 1 amide bonds. The number of benzene rings is 3. The van der Waals surface area contributed by atoms with Gasteiger partial charge in [0, 0.05) is 52.0 Å². The van der Waals surface area contributed by atoms with Crippen molar-refractivity contribution in [1.82, 2.24) is 14.9 Å². The molecule has 1 aliphatic carbocycles. The van der Waals surface area contributed by atoms with Crippen LogP contribution >= 0.6 is 0 Å². The lowest BCUT2D eigenvalue weighted by molar-refractivity contribution is -0.122. The number of aliphatic hydroxyl groups excluding tert-OH is 1. The number of Topliss-reactive ketones (excluding diaryl/α,β-unsaturated/α-hetero) is 1. The molecule has 0 aliphatic heterocycles. The summed E-state index contributed by atoms with van der Waals surface area (Å²) >= 11 is 0. The average molecular weight is 599 g/mol. The number of fused-ring (bicyclic) bond motifs is 3. The van der Waals surface area contributed by atoms with Gasteiger partial charge in [0.2, 0.25) is 5.91 Å². The highest BCUT2D eigenvalue weighted by atomic mass is 19.1. The van der Waals surface area contributed by atoms with Gasteiger partial charge in [0.1, 0.15) is 30.2 Å². The van der Waals surface area contributed by atoms with Crippen LogP contribution in [0.25, 0.3) is 22.0 Å². The Hall–Kier alpha value is -4.80. The number of halogens is 3. The van der Waals surface area contributed by atoms with Crippen LogP contribution in [0.4, 0.5) is 13.2 Å². The van der Waals surface area contributed by atoms with Crippen LogP contribution in [0, 0.1) is 17.5 Å². The molecule has 0 fully saturated rings. The molecule has 2 atom stereocenters. The van der Waals surface area contributed by atoms with Crippen LogP contribution < -0.4 is 11.1 Å². The fourth-order valence-corrected chi connectivity index (χ4v) is 6.09. The van der Waals surface area contributed by atoms with Gasteiger partial charge < -0.3 is 20.7 Å². The number of hydrogen-bond donors (Lipinski definition) is 3. The van der Waals surface area contributed by atoms with Gasteiger partial charge in [-0.2, -0.15) is 0 Å². The quantitative estimate of drug-likeness (QED) is 0.199. The molecule has 10 heteroatoms. The molecule has 0 spiro atoms. The third-order valence-corrected chi connectivity index (χ3v) is 7.97. The second kappa shape index (κ2) is 12.1. The summed E-state index contributed by atoms with van der Waals surface area (Å²) in [6, 6.07) is 17.2. The normalized spacial score (nSPS) is 14.3. The number of para-hydroxylation sites is 1. The minimum Gasteiger partial charge on any atom is -0.374 e. The van der Waals surface area contributed by atoms with Gasteiger partial charge in [-0.3, -0.25) is 14.6 Å². The summed E-state index contributed by atoms with van der Waals surface area (Å²) < 4.78 is 44.6. The predicted molar refractivity (Wildman–Crippen MR) is 159 cm³/mol. The fraction of sp³-hybridized carbons (Fsp3) is 0.206. The Kier molecular flexibility index (Phi) is 8.03. The summed E-state index contributed by atoms with van der Waals surface area (Å²) in [6.45, 7) is -0.0978. The first-order chi connectivity index (χ1) is 21.2. The highest BCUT2D eigenvalue weighted by Gasteiger charge is 2.28. The number of carbonyl (C=O) groups is 2. The lowest BCUT2D eigenvalue weighted by atomic mass is 9.94. The van der Waals surface area contributed by atoms with E-state index in [-0.39, 0.29) is 29.9 Å². The fourth-order valence-electron chi connectivity index (χ4n) is 6.09. The number of nitrogens with one attached hydrogen (secondary N) is 1. The number of aliphatic hydroxyl groups is 1. The minimum atomic E-state index is -1.56. The van der Waals surface area contributed by atoms with Crippen molar-refractivity contribution in [2.24, 2.45) is 5.73 Å². The van der Waals surface area contributed by atoms with Crippen LogP contribution in [0.3, 0.4) is 0 Å². The van der Waals surface area contributed by atoms with Crippen LogP contribution in [0.15, 0.2) is 79.0 Å². The van der Waals surface area contributed by atoms with E-state index in [0.29, 0.717) is 41.6 Å². The molecule has 2 aromatic heterocycles. The van der Waals surface area contributed by atoms with E-state index in [4.69, 9.17) is 5.73 Å². The zero-order chi connectivity index (χ0) is 31.0. The number of nitrogens with two attached hydrogens (primary N) is 1. The lowest BCUT2D eigenvalue weighted by Crippen LogP contribution is -2.34. The molecule has 44 heavy (non-hydrogen) atoms. The number of nitrogens with zero attached hydrogens (tertiary/aromatic N) is 2. The SMILES string of the molecule is NC(O)c1cc(-c2cccnc2[C@H](Cc2cc(F)cc(F)c2)NC(=O)Cn2c3c(c4ccccc42)C(=O)CCC3)ccc1F. The van der Waals surface area contributed by atoms with Crippen molar-refractivity contribution in [2.75, 3.05) is 0 Å². The van der Waals surface area contributed by atoms with E-state index in [1.165, 1.54) is 36.5 Å². The Labute approximate surface area is 251 Å². The van der Waals surface area contributed by atoms with Gasteiger partial charge >= 0.3 is 0 Å². The topological polar surface area (TPSA) is 110 Å². The van der Waals surface area contributed by atoms with Crippen LogP contribution in [-0.2, 0) is 24.2 Å². The molecule has 4 N–H and O–H groups in total. The molecule has 1 aliphatic rings. The summed E-state index contributed by atoms with van der Waals surface area (Å²) in [5.41, 5.74) is 9.30. The monoisotopic (exact) mass is 598 g/mol. The van der Waals surface area contributed by atoms with Crippen LogP contribution in [-0.4, -0.2) is 26.3 Å². The zero-order valence-corrected chi connectivity index (χ0v) is 23.6. The maximum absolute atomic E-state index is 14.4. The Balaban J connectivity index is 1.40. The van der Waals surface area contributed by atoms with Crippen molar-refractivity contribution < 1.29 is 27.9 Å². The zero-order valence-electron chi connectivity index (χ0n) is 23.6. The van der Waals surface area contributed by atoms with Gasteiger partial charge in [0.25, 0.3) is 0 Å². The summed E-state index contributed by atoms with van der Waals surface area (Å²) in [7, 11) is 0. The Morgan fingerprint density at radius 1 is 1.00 bits per heavy atom. The van der Waals surface area contributed by atoms with Crippen LogP contribution in [0.5, 0.6) is 0 Å². The van der Waals surface area contributed by atoms with Crippen LogP contribution in [0.1, 0.15) is 58.0 Å². The Morgan fingerprint density at radius 2 is 1.77 bits per heavy atom. The minimum absolute atomic E-state index is 0.0129. The molecule has 3 aromatic carbocycles. The van der Waals surface area contributed by atoms with E-state index in [2.05, 4.69) is 10.3 Å². The molecule has 1 unspecified atom stereocenters.